The second kappa shape index (κ2) is 8.68. The minimum Gasteiger partial charge on any atom is -0.459 e. The molecule has 4 rings (SSSR count). The highest BCUT2D eigenvalue weighted by Crippen LogP contribution is 2.33. The van der Waals surface area contributed by atoms with E-state index in [0.29, 0.717) is 11.3 Å². The number of urea groups is 1. The molecule has 1 atom stereocenters. The number of hydrogen-bond donors (Lipinski definition) is 2. The van der Waals surface area contributed by atoms with Crippen molar-refractivity contribution >= 4 is 22.8 Å². The Morgan fingerprint density at radius 2 is 1.66 bits per heavy atom. The largest absolute Gasteiger partial charge is 0.459 e. The Bertz CT molecular complexity index is 937. The number of esters is 1. The monoisotopic (exact) mass is 392 g/mol. The van der Waals surface area contributed by atoms with E-state index in [0.717, 1.165) is 42.0 Å². The fourth-order valence-corrected chi connectivity index (χ4v) is 4.45. The summed E-state index contributed by atoms with van der Waals surface area (Å²) >= 11 is 0. The molecule has 1 heterocycles. The van der Waals surface area contributed by atoms with E-state index in [1.807, 2.05) is 42.5 Å². The highest BCUT2D eigenvalue weighted by atomic mass is 16.5. The van der Waals surface area contributed by atoms with Gasteiger partial charge in [-0.2, -0.15) is 0 Å². The second-order valence-corrected chi connectivity index (χ2v) is 8.01. The number of nitrogens with one attached hydrogen (secondary N) is 2. The molecule has 29 heavy (non-hydrogen) atoms. The third-order valence-corrected chi connectivity index (χ3v) is 5.95. The van der Waals surface area contributed by atoms with Crippen LogP contribution in [0, 0.1) is 0 Å². The van der Waals surface area contributed by atoms with Gasteiger partial charge >= 0.3 is 12.0 Å². The molecule has 1 saturated carbocycles. The number of allylic oxidation sites excluding steroid dienone is 1. The van der Waals surface area contributed by atoms with Crippen LogP contribution in [0.4, 0.5) is 4.79 Å². The number of benzene rings is 2. The Morgan fingerprint density at radius 3 is 2.45 bits per heavy atom. The number of fused-ring (bicyclic) bond motifs is 1. The van der Waals surface area contributed by atoms with E-state index in [4.69, 9.17) is 4.74 Å². The SMILES string of the molecule is CC1=C(C(=O)OC2CCCCCCC2)C(c2cccc3ccccc23)NC(=O)N1. The fourth-order valence-electron chi connectivity index (χ4n) is 4.45. The average molecular weight is 392 g/mol. The minimum absolute atomic E-state index is 0.0473. The lowest BCUT2D eigenvalue weighted by atomic mass is 9.91. The summed E-state index contributed by atoms with van der Waals surface area (Å²) in [6, 6.07) is 13.1. The lowest BCUT2D eigenvalue weighted by Gasteiger charge is -2.30. The van der Waals surface area contributed by atoms with Gasteiger partial charge in [-0.1, -0.05) is 61.7 Å². The van der Waals surface area contributed by atoms with Gasteiger partial charge < -0.3 is 15.4 Å². The summed E-state index contributed by atoms with van der Waals surface area (Å²) in [6.07, 6.45) is 7.64. The van der Waals surface area contributed by atoms with Gasteiger partial charge in [0.15, 0.2) is 0 Å². The Balaban J connectivity index is 1.66. The Labute approximate surface area is 171 Å². The quantitative estimate of drug-likeness (QED) is 0.712. The predicted molar refractivity (Wildman–Crippen MR) is 113 cm³/mol. The lowest BCUT2D eigenvalue weighted by Crippen LogP contribution is -2.45. The van der Waals surface area contributed by atoms with Crippen molar-refractivity contribution in [2.75, 3.05) is 0 Å². The molecule has 2 N–H and O–H groups in total. The molecule has 1 unspecified atom stereocenters. The van der Waals surface area contributed by atoms with E-state index in [2.05, 4.69) is 10.6 Å². The van der Waals surface area contributed by atoms with Crippen molar-refractivity contribution < 1.29 is 14.3 Å². The Hall–Kier alpha value is -2.82. The number of carbonyl (C=O) groups is 2. The van der Waals surface area contributed by atoms with Crippen LogP contribution in [0.15, 0.2) is 53.7 Å². The summed E-state index contributed by atoms with van der Waals surface area (Å²) in [5.74, 6) is -0.335. The van der Waals surface area contributed by atoms with Crippen LogP contribution < -0.4 is 10.6 Å². The van der Waals surface area contributed by atoms with Gasteiger partial charge in [0.2, 0.25) is 0 Å². The van der Waals surface area contributed by atoms with Crippen LogP contribution in [0.25, 0.3) is 10.8 Å². The van der Waals surface area contributed by atoms with Crippen LogP contribution in [0.2, 0.25) is 0 Å². The second-order valence-electron chi connectivity index (χ2n) is 8.01. The van der Waals surface area contributed by atoms with Crippen molar-refractivity contribution in [1.82, 2.24) is 10.6 Å². The summed E-state index contributed by atoms with van der Waals surface area (Å²) in [5, 5.41) is 7.78. The standard InChI is InChI=1S/C24H28N2O3/c1-16-21(23(27)29-18-12-5-3-2-4-6-13-18)22(26-24(28)25-16)20-15-9-11-17-10-7-8-14-19(17)20/h7-11,14-15,18,22H,2-6,12-13H2,1H3,(H2,25,26,28). The zero-order chi connectivity index (χ0) is 20.2. The third kappa shape index (κ3) is 4.29. The molecule has 152 valence electrons. The predicted octanol–water partition coefficient (Wildman–Crippen LogP) is 5.12. The number of carbonyl (C=O) groups excluding carboxylic acids is 2. The number of rotatable bonds is 3. The van der Waals surface area contributed by atoms with Gasteiger partial charge in [0, 0.05) is 5.70 Å². The van der Waals surface area contributed by atoms with Crippen molar-refractivity contribution in [3.05, 3.63) is 59.3 Å². The minimum atomic E-state index is -0.532. The molecule has 0 saturated heterocycles. The molecule has 2 aliphatic rings. The van der Waals surface area contributed by atoms with E-state index in [1.54, 1.807) is 6.92 Å². The molecule has 2 aromatic rings. The number of amides is 2. The molecule has 1 aliphatic carbocycles. The summed E-state index contributed by atoms with van der Waals surface area (Å²) in [4.78, 5) is 25.5. The molecule has 0 aromatic heterocycles. The normalized spacial score (nSPS) is 21.1. The zero-order valence-corrected chi connectivity index (χ0v) is 16.9. The van der Waals surface area contributed by atoms with Gasteiger partial charge in [-0.05, 0) is 48.9 Å². The molecule has 1 aliphatic heterocycles. The zero-order valence-electron chi connectivity index (χ0n) is 16.9. The summed E-state index contributed by atoms with van der Waals surface area (Å²) < 4.78 is 5.95. The van der Waals surface area contributed by atoms with Crippen LogP contribution in [-0.2, 0) is 9.53 Å². The maximum absolute atomic E-state index is 13.2. The first-order valence-electron chi connectivity index (χ1n) is 10.6. The van der Waals surface area contributed by atoms with Crippen LogP contribution >= 0.6 is 0 Å². The fraction of sp³-hybridized carbons (Fsp3) is 0.417. The summed E-state index contributed by atoms with van der Waals surface area (Å²) in [6.45, 7) is 1.77. The molecule has 5 nitrogen and oxygen atoms in total. The van der Waals surface area contributed by atoms with E-state index >= 15 is 0 Å². The lowest BCUT2D eigenvalue weighted by molar-refractivity contribution is -0.145. The van der Waals surface area contributed by atoms with Crippen molar-refractivity contribution in [1.29, 1.82) is 0 Å². The van der Waals surface area contributed by atoms with E-state index in [1.165, 1.54) is 19.3 Å². The van der Waals surface area contributed by atoms with Crippen molar-refractivity contribution in [3.8, 4) is 0 Å². The maximum Gasteiger partial charge on any atom is 0.338 e. The van der Waals surface area contributed by atoms with Crippen LogP contribution in [0.3, 0.4) is 0 Å². The van der Waals surface area contributed by atoms with Gasteiger partial charge in [0.25, 0.3) is 0 Å². The number of hydrogen-bond acceptors (Lipinski definition) is 3. The van der Waals surface area contributed by atoms with Gasteiger partial charge in [0.1, 0.15) is 6.10 Å². The van der Waals surface area contributed by atoms with Gasteiger partial charge in [-0.25, -0.2) is 9.59 Å². The molecule has 0 bridgehead atoms. The molecule has 0 spiro atoms. The highest BCUT2D eigenvalue weighted by molar-refractivity contribution is 5.97. The molecule has 2 aromatic carbocycles. The topological polar surface area (TPSA) is 67.4 Å². The van der Waals surface area contributed by atoms with E-state index < -0.39 is 6.04 Å². The Kier molecular flexibility index (Phi) is 5.84. The first kappa shape index (κ1) is 19.5. The molecule has 0 radical (unpaired) electrons. The van der Waals surface area contributed by atoms with Gasteiger partial charge in [-0.3, -0.25) is 0 Å². The summed E-state index contributed by atoms with van der Waals surface area (Å²) in [7, 11) is 0. The van der Waals surface area contributed by atoms with Crippen molar-refractivity contribution in [3.63, 3.8) is 0 Å². The number of ether oxygens (including phenoxy) is 1. The van der Waals surface area contributed by atoms with Crippen LogP contribution in [-0.4, -0.2) is 18.1 Å². The smallest absolute Gasteiger partial charge is 0.338 e. The molecular weight excluding hydrogens is 364 g/mol. The van der Waals surface area contributed by atoms with E-state index in [-0.39, 0.29) is 18.1 Å². The highest BCUT2D eigenvalue weighted by Gasteiger charge is 2.34. The van der Waals surface area contributed by atoms with Crippen LogP contribution in [0.5, 0.6) is 0 Å². The molecule has 1 fully saturated rings. The third-order valence-electron chi connectivity index (χ3n) is 5.95. The molecule has 5 heteroatoms. The molecule has 2 amide bonds. The Morgan fingerprint density at radius 1 is 0.966 bits per heavy atom. The van der Waals surface area contributed by atoms with Gasteiger partial charge in [0.05, 0.1) is 11.6 Å². The summed E-state index contributed by atoms with van der Waals surface area (Å²) in [5.41, 5.74) is 1.95. The van der Waals surface area contributed by atoms with Gasteiger partial charge in [-0.15, -0.1) is 0 Å². The average Bonchev–Trinajstić information content (AvgIpc) is 2.68. The maximum atomic E-state index is 13.2. The van der Waals surface area contributed by atoms with Crippen molar-refractivity contribution in [2.24, 2.45) is 0 Å². The van der Waals surface area contributed by atoms with E-state index in [9.17, 15) is 9.59 Å². The first-order valence-corrected chi connectivity index (χ1v) is 10.6. The molecular formula is C24H28N2O3. The van der Waals surface area contributed by atoms with Crippen molar-refractivity contribution in [2.45, 2.75) is 64.0 Å². The van der Waals surface area contributed by atoms with Crippen LogP contribution in [0.1, 0.15) is 63.5 Å². The first-order chi connectivity index (χ1) is 14.1.